The second-order valence-electron chi connectivity index (χ2n) is 5.64. The van der Waals surface area contributed by atoms with Gasteiger partial charge in [-0.25, -0.2) is 4.98 Å². The molecule has 1 fully saturated rings. The van der Waals surface area contributed by atoms with Crippen LogP contribution in [0.25, 0.3) is 5.57 Å². The number of anilines is 2. The van der Waals surface area contributed by atoms with Crippen molar-refractivity contribution in [1.29, 1.82) is 0 Å². The van der Waals surface area contributed by atoms with Crippen LogP contribution in [0.2, 0.25) is 0 Å². The maximum absolute atomic E-state index is 6.15. The largest absolute Gasteiger partial charge is 0.500 e. The minimum absolute atomic E-state index is 0.412. The Kier molecular flexibility index (Phi) is 4.58. The van der Waals surface area contributed by atoms with E-state index in [0.29, 0.717) is 17.8 Å². The van der Waals surface area contributed by atoms with Crippen LogP contribution in [0.4, 0.5) is 11.8 Å². The standard InChI is InChI=1S/C16H23N5O/c1-22-14-5-3-2-4-12(14)13-10-19-16(21-15(13)17)20-11-6-8-18-9-7-11/h2,4,10-11,18H,3,5-9H2,1H3,(H3,17,19,20,21). The molecule has 6 nitrogen and oxygen atoms in total. The van der Waals surface area contributed by atoms with E-state index in [9.17, 15) is 0 Å². The summed E-state index contributed by atoms with van der Waals surface area (Å²) in [7, 11) is 1.69. The van der Waals surface area contributed by atoms with Gasteiger partial charge in [-0.1, -0.05) is 12.2 Å². The number of nitrogen functional groups attached to an aromatic ring is 1. The van der Waals surface area contributed by atoms with Crippen LogP contribution in [-0.4, -0.2) is 36.2 Å². The van der Waals surface area contributed by atoms with Crippen molar-refractivity contribution in [2.24, 2.45) is 0 Å². The Morgan fingerprint density at radius 2 is 2.18 bits per heavy atom. The van der Waals surface area contributed by atoms with Gasteiger partial charge in [0.25, 0.3) is 0 Å². The molecule has 1 aromatic rings. The quantitative estimate of drug-likeness (QED) is 0.788. The van der Waals surface area contributed by atoms with Crippen molar-refractivity contribution < 1.29 is 4.74 Å². The van der Waals surface area contributed by atoms with Gasteiger partial charge in [-0.2, -0.15) is 4.98 Å². The zero-order valence-electron chi connectivity index (χ0n) is 12.9. The number of nitrogens with one attached hydrogen (secondary N) is 2. The zero-order valence-corrected chi connectivity index (χ0v) is 12.9. The highest BCUT2D eigenvalue weighted by molar-refractivity contribution is 5.81. The van der Waals surface area contributed by atoms with Gasteiger partial charge in [0.15, 0.2) is 0 Å². The van der Waals surface area contributed by atoms with Crippen LogP contribution in [0.1, 0.15) is 31.2 Å². The van der Waals surface area contributed by atoms with Crippen LogP contribution in [0.3, 0.4) is 0 Å². The van der Waals surface area contributed by atoms with Crippen molar-refractivity contribution >= 4 is 17.3 Å². The highest BCUT2D eigenvalue weighted by Gasteiger charge is 2.17. The lowest BCUT2D eigenvalue weighted by molar-refractivity contribution is 0.279. The summed E-state index contributed by atoms with van der Waals surface area (Å²) in [5.41, 5.74) is 7.97. The Hall–Kier alpha value is -2.08. The summed E-state index contributed by atoms with van der Waals surface area (Å²) in [6.45, 7) is 2.06. The summed E-state index contributed by atoms with van der Waals surface area (Å²) in [4.78, 5) is 8.85. The molecule has 4 N–H and O–H groups in total. The maximum atomic E-state index is 6.15. The highest BCUT2D eigenvalue weighted by Crippen LogP contribution is 2.30. The molecule has 1 aromatic heterocycles. The molecule has 0 radical (unpaired) electrons. The molecule has 0 atom stereocenters. The number of allylic oxidation sites excluding steroid dienone is 4. The number of aromatic nitrogens is 2. The molecule has 1 aliphatic heterocycles. The number of rotatable bonds is 4. The molecule has 1 saturated heterocycles. The van der Waals surface area contributed by atoms with Gasteiger partial charge in [0.05, 0.1) is 7.11 Å². The molecule has 0 bridgehead atoms. The van der Waals surface area contributed by atoms with Crippen LogP contribution in [-0.2, 0) is 4.74 Å². The number of ether oxygens (including phenoxy) is 1. The first kappa shape index (κ1) is 14.8. The molecule has 118 valence electrons. The Balaban J connectivity index is 1.80. The van der Waals surface area contributed by atoms with Crippen molar-refractivity contribution in [3.05, 3.63) is 29.7 Å². The van der Waals surface area contributed by atoms with Crippen molar-refractivity contribution in [1.82, 2.24) is 15.3 Å². The second-order valence-corrected chi connectivity index (χ2v) is 5.64. The fourth-order valence-corrected chi connectivity index (χ4v) is 2.92. The second kappa shape index (κ2) is 6.79. The van der Waals surface area contributed by atoms with Crippen molar-refractivity contribution in [2.45, 2.75) is 31.7 Å². The van der Waals surface area contributed by atoms with E-state index >= 15 is 0 Å². The number of methoxy groups -OCH3 is 1. The van der Waals surface area contributed by atoms with Gasteiger partial charge in [-0.3, -0.25) is 0 Å². The zero-order chi connectivity index (χ0) is 15.4. The van der Waals surface area contributed by atoms with E-state index in [1.54, 1.807) is 13.3 Å². The minimum Gasteiger partial charge on any atom is -0.500 e. The lowest BCUT2D eigenvalue weighted by atomic mass is 9.99. The average Bonchev–Trinajstić information content (AvgIpc) is 2.56. The molecule has 2 aliphatic rings. The molecular weight excluding hydrogens is 278 g/mol. The first-order chi connectivity index (χ1) is 10.8. The van der Waals surface area contributed by atoms with Gasteiger partial charge >= 0.3 is 0 Å². The summed E-state index contributed by atoms with van der Waals surface area (Å²) in [5.74, 6) is 2.03. The summed E-state index contributed by atoms with van der Waals surface area (Å²) < 4.78 is 5.46. The van der Waals surface area contributed by atoms with Gasteiger partial charge in [-0.15, -0.1) is 0 Å². The predicted octanol–water partition coefficient (Wildman–Crippen LogP) is 1.93. The molecular formula is C16H23N5O. The fraction of sp³-hybridized carbons (Fsp3) is 0.500. The van der Waals surface area contributed by atoms with E-state index in [-0.39, 0.29) is 0 Å². The van der Waals surface area contributed by atoms with E-state index in [1.165, 1.54) is 0 Å². The molecule has 1 aliphatic carbocycles. The number of nitrogens with two attached hydrogens (primary N) is 1. The Bertz CT molecular complexity index is 590. The first-order valence-corrected chi connectivity index (χ1v) is 7.81. The third-order valence-corrected chi connectivity index (χ3v) is 4.15. The van der Waals surface area contributed by atoms with E-state index in [4.69, 9.17) is 10.5 Å². The fourth-order valence-electron chi connectivity index (χ4n) is 2.92. The van der Waals surface area contributed by atoms with Gasteiger partial charge < -0.3 is 21.1 Å². The minimum atomic E-state index is 0.412. The van der Waals surface area contributed by atoms with Crippen LogP contribution in [0.15, 0.2) is 24.1 Å². The van der Waals surface area contributed by atoms with E-state index in [0.717, 1.165) is 55.7 Å². The normalized spacial score (nSPS) is 19.3. The van der Waals surface area contributed by atoms with Crippen LogP contribution in [0, 0.1) is 0 Å². The third-order valence-electron chi connectivity index (χ3n) is 4.15. The summed E-state index contributed by atoms with van der Waals surface area (Å²) >= 11 is 0. The van der Waals surface area contributed by atoms with Crippen molar-refractivity contribution in [3.63, 3.8) is 0 Å². The SMILES string of the molecule is COC1=C(c2cnc(NC3CCNCC3)nc2N)C=CCC1. The molecule has 0 aromatic carbocycles. The van der Waals surface area contributed by atoms with Crippen LogP contribution >= 0.6 is 0 Å². The Labute approximate surface area is 130 Å². The Morgan fingerprint density at radius 3 is 2.91 bits per heavy atom. The van der Waals surface area contributed by atoms with Gasteiger partial charge in [-0.05, 0) is 32.4 Å². The molecule has 0 saturated carbocycles. The monoisotopic (exact) mass is 301 g/mol. The van der Waals surface area contributed by atoms with Crippen LogP contribution in [0.5, 0.6) is 0 Å². The number of hydrogen-bond acceptors (Lipinski definition) is 6. The molecule has 22 heavy (non-hydrogen) atoms. The third kappa shape index (κ3) is 3.22. The summed E-state index contributed by atoms with van der Waals surface area (Å²) in [6.07, 6.45) is 9.98. The lowest BCUT2D eigenvalue weighted by Gasteiger charge is -2.24. The van der Waals surface area contributed by atoms with E-state index < -0.39 is 0 Å². The number of nitrogens with zero attached hydrogens (tertiary/aromatic N) is 2. The first-order valence-electron chi connectivity index (χ1n) is 7.81. The molecule has 3 rings (SSSR count). The molecule has 0 amide bonds. The molecule has 0 spiro atoms. The van der Waals surface area contributed by atoms with Gasteiger partial charge in [0, 0.05) is 29.8 Å². The van der Waals surface area contributed by atoms with Gasteiger partial charge in [0.2, 0.25) is 5.95 Å². The average molecular weight is 301 g/mol. The Morgan fingerprint density at radius 1 is 1.36 bits per heavy atom. The van der Waals surface area contributed by atoms with E-state index in [1.807, 2.05) is 6.08 Å². The van der Waals surface area contributed by atoms with E-state index in [2.05, 4.69) is 26.7 Å². The molecule has 6 heteroatoms. The highest BCUT2D eigenvalue weighted by atomic mass is 16.5. The van der Waals surface area contributed by atoms with Crippen molar-refractivity contribution in [3.8, 4) is 0 Å². The molecule has 2 heterocycles. The summed E-state index contributed by atoms with van der Waals surface area (Å²) in [5, 5.41) is 6.71. The lowest BCUT2D eigenvalue weighted by Crippen LogP contribution is -2.35. The number of hydrogen-bond donors (Lipinski definition) is 3. The van der Waals surface area contributed by atoms with Gasteiger partial charge in [0.1, 0.15) is 11.6 Å². The molecule has 0 unspecified atom stereocenters. The predicted molar refractivity (Wildman–Crippen MR) is 88.3 cm³/mol. The smallest absolute Gasteiger partial charge is 0.224 e. The van der Waals surface area contributed by atoms with Crippen LogP contribution < -0.4 is 16.4 Å². The topological polar surface area (TPSA) is 85.1 Å². The number of piperidine rings is 1. The summed E-state index contributed by atoms with van der Waals surface area (Å²) in [6, 6.07) is 0.412. The van der Waals surface area contributed by atoms with Crippen molar-refractivity contribution in [2.75, 3.05) is 31.2 Å². The maximum Gasteiger partial charge on any atom is 0.224 e.